The Bertz CT molecular complexity index is 899. The summed E-state index contributed by atoms with van der Waals surface area (Å²) < 4.78 is 0. The molecule has 0 saturated heterocycles. The highest BCUT2D eigenvalue weighted by atomic mass is 14.4. The molecule has 31 heavy (non-hydrogen) atoms. The lowest BCUT2D eigenvalue weighted by atomic mass is 9.68. The Morgan fingerprint density at radius 3 is 1.55 bits per heavy atom. The van der Waals surface area contributed by atoms with Crippen molar-refractivity contribution in [2.45, 2.75) is 124 Å². The first kappa shape index (κ1) is 25.7. The van der Waals surface area contributed by atoms with Crippen LogP contribution in [0.5, 0.6) is 0 Å². The Morgan fingerprint density at radius 1 is 0.581 bits per heavy atom. The third-order valence-corrected chi connectivity index (χ3v) is 6.54. The van der Waals surface area contributed by atoms with Crippen LogP contribution in [0.2, 0.25) is 0 Å². The van der Waals surface area contributed by atoms with E-state index in [9.17, 15) is 0 Å². The fourth-order valence-corrected chi connectivity index (χ4v) is 4.91. The largest absolute Gasteiger partial charge is 0.0645 e. The smallest absolute Gasteiger partial charge is 0.00927 e. The molecule has 0 amide bonds. The fourth-order valence-electron chi connectivity index (χ4n) is 4.91. The van der Waals surface area contributed by atoms with Gasteiger partial charge in [-0.3, -0.25) is 0 Å². The van der Waals surface area contributed by atoms with Gasteiger partial charge in [-0.05, 0) is 61.5 Å². The predicted molar refractivity (Wildman–Crippen MR) is 140 cm³/mol. The van der Waals surface area contributed by atoms with E-state index in [2.05, 4.69) is 126 Å². The molecular weight excluding hydrogens is 372 g/mol. The topological polar surface area (TPSA) is 0 Å². The second-order valence-electron chi connectivity index (χ2n) is 13.5. The van der Waals surface area contributed by atoms with Crippen LogP contribution >= 0.6 is 0 Å². The van der Waals surface area contributed by atoms with Crippen LogP contribution in [0, 0.1) is 0 Å². The minimum atomic E-state index is 0.0971. The first-order valence-corrected chi connectivity index (χ1v) is 12.2. The van der Waals surface area contributed by atoms with Crippen LogP contribution in [-0.2, 0) is 21.7 Å². The third kappa shape index (κ3) is 5.63. The Balaban J connectivity index is 2.87. The highest BCUT2D eigenvalue weighted by molar-refractivity contribution is 5.51. The summed E-state index contributed by atoms with van der Waals surface area (Å²) in [7, 11) is 0. The van der Waals surface area contributed by atoms with Crippen molar-refractivity contribution in [3.8, 4) is 0 Å². The van der Waals surface area contributed by atoms with Gasteiger partial charge in [0.15, 0.2) is 0 Å². The van der Waals surface area contributed by atoms with Gasteiger partial charge in [-0.15, -0.1) is 0 Å². The molecule has 1 atom stereocenters. The average Bonchev–Trinajstić information content (AvgIpc) is 2.59. The lowest BCUT2D eigenvalue weighted by Gasteiger charge is -2.36. The molecule has 0 heteroatoms. The molecule has 0 heterocycles. The summed E-state index contributed by atoms with van der Waals surface area (Å²) in [6.07, 6.45) is 1.11. The van der Waals surface area contributed by atoms with Crippen LogP contribution < -0.4 is 0 Å². The van der Waals surface area contributed by atoms with E-state index in [1.165, 1.54) is 33.4 Å². The van der Waals surface area contributed by atoms with Crippen LogP contribution in [0.25, 0.3) is 0 Å². The van der Waals surface area contributed by atoms with Gasteiger partial charge in [-0.2, -0.15) is 0 Å². The van der Waals surface area contributed by atoms with Gasteiger partial charge in [0.05, 0.1) is 0 Å². The molecule has 0 nitrogen and oxygen atoms in total. The van der Waals surface area contributed by atoms with Gasteiger partial charge in [0.1, 0.15) is 0 Å². The quantitative estimate of drug-likeness (QED) is 0.464. The van der Waals surface area contributed by atoms with Crippen molar-refractivity contribution in [2.24, 2.45) is 0 Å². The summed E-state index contributed by atoms with van der Waals surface area (Å²) in [5.41, 5.74) is 9.43. The summed E-state index contributed by atoms with van der Waals surface area (Å²) in [6, 6.07) is 14.3. The maximum absolute atomic E-state index is 2.49. The van der Waals surface area contributed by atoms with Gasteiger partial charge in [-0.25, -0.2) is 0 Å². The van der Waals surface area contributed by atoms with E-state index in [4.69, 9.17) is 0 Å². The molecule has 2 rings (SSSR count). The zero-order chi connectivity index (χ0) is 24.0. The van der Waals surface area contributed by atoms with Crippen LogP contribution in [0.4, 0.5) is 0 Å². The molecule has 0 aliphatic rings. The van der Waals surface area contributed by atoms with Crippen LogP contribution in [-0.4, -0.2) is 0 Å². The van der Waals surface area contributed by atoms with Crippen LogP contribution in [0.15, 0.2) is 36.4 Å². The van der Waals surface area contributed by atoms with E-state index >= 15 is 0 Å². The SMILES string of the molecule is CCC(c1ccc(C(C)(C)C)cc1C(C)(C)C)c1cccc(C(C)(C)C)c1C(C)(C)C. The van der Waals surface area contributed by atoms with Crippen LogP contribution in [0.3, 0.4) is 0 Å². The first-order chi connectivity index (χ1) is 13.9. The Labute approximate surface area is 193 Å². The summed E-state index contributed by atoms with van der Waals surface area (Å²) >= 11 is 0. The molecule has 0 aliphatic heterocycles. The van der Waals surface area contributed by atoms with E-state index in [-0.39, 0.29) is 21.7 Å². The van der Waals surface area contributed by atoms with E-state index in [0.29, 0.717) is 5.92 Å². The number of hydrogen-bond donors (Lipinski definition) is 0. The molecule has 2 aromatic rings. The van der Waals surface area contributed by atoms with Crippen molar-refractivity contribution in [3.63, 3.8) is 0 Å². The highest BCUT2D eigenvalue weighted by Crippen LogP contribution is 2.44. The maximum Gasteiger partial charge on any atom is 0.00927 e. The standard InChI is InChI=1S/C31H48/c1-14-22(23-19-18-21(28(2,3)4)20-26(23)30(8,9)10)24-16-15-17-25(29(5,6)7)27(24)31(11,12)13/h15-20,22H,14H2,1-13H3. The van der Waals surface area contributed by atoms with E-state index in [0.717, 1.165) is 6.42 Å². The molecule has 0 radical (unpaired) electrons. The van der Waals surface area contributed by atoms with Crippen molar-refractivity contribution in [3.05, 3.63) is 69.8 Å². The molecule has 2 aromatic carbocycles. The van der Waals surface area contributed by atoms with E-state index in [1.807, 2.05) is 0 Å². The second-order valence-corrected chi connectivity index (χ2v) is 13.5. The van der Waals surface area contributed by atoms with Crippen molar-refractivity contribution in [1.82, 2.24) is 0 Å². The van der Waals surface area contributed by atoms with Crippen LogP contribution in [0.1, 0.15) is 136 Å². The van der Waals surface area contributed by atoms with E-state index in [1.54, 1.807) is 0 Å². The molecule has 0 N–H and O–H groups in total. The molecule has 0 aromatic heterocycles. The Morgan fingerprint density at radius 2 is 1.13 bits per heavy atom. The minimum Gasteiger partial charge on any atom is -0.0645 e. The zero-order valence-electron chi connectivity index (χ0n) is 22.7. The molecule has 0 bridgehead atoms. The average molecular weight is 421 g/mol. The summed E-state index contributed by atoms with van der Waals surface area (Å²) in [5.74, 6) is 0.403. The lowest BCUT2D eigenvalue weighted by molar-refractivity contribution is 0.518. The van der Waals surface area contributed by atoms with Crippen molar-refractivity contribution in [2.75, 3.05) is 0 Å². The lowest BCUT2D eigenvalue weighted by Crippen LogP contribution is -2.26. The summed E-state index contributed by atoms with van der Waals surface area (Å²) in [4.78, 5) is 0. The summed E-state index contributed by atoms with van der Waals surface area (Å²) in [5, 5.41) is 0. The predicted octanol–water partition coefficient (Wildman–Crippen LogP) is 9.42. The van der Waals surface area contributed by atoms with Gasteiger partial charge in [-0.1, -0.05) is 126 Å². The normalized spacial score (nSPS) is 14.6. The van der Waals surface area contributed by atoms with Crippen molar-refractivity contribution in [1.29, 1.82) is 0 Å². The fraction of sp³-hybridized carbons (Fsp3) is 0.613. The number of benzene rings is 2. The summed E-state index contributed by atoms with van der Waals surface area (Å²) in [6.45, 7) is 30.6. The van der Waals surface area contributed by atoms with Crippen molar-refractivity contribution < 1.29 is 0 Å². The second kappa shape index (κ2) is 8.42. The molecule has 1 unspecified atom stereocenters. The maximum atomic E-state index is 2.49. The molecule has 0 saturated carbocycles. The molecule has 172 valence electrons. The third-order valence-electron chi connectivity index (χ3n) is 6.54. The van der Waals surface area contributed by atoms with Gasteiger partial charge >= 0.3 is 0 Å². The number of rotatable bonds is 3. The van der Waals surface area contributed by atoms with E-state index < -0.39 is 0 Å². The van der Waals surface area contributed by atoms with Gasteiger partial charge in [0, 0.05) is 5.92 Å². The monoisotopic (exact) mass is 420 g/mol. The zero-order valence-corrected chi connectivity index (χ0v) is 22.7. The van der Waals surface area contributed by atoms with Gasteiger partial charge in [0.25, 0.3) is 0 Å². The Kier molecular flexibility index (Phi) is 6.98. The highest BCUT2D eigenvalue weighted by Gasteiger charge is 2.32. The van der Waals surface area contributed by atoms with Gasteiger partial charge in [0.2, 0.25) is 0 Å². The molecule has 0 spiro atoms. The number of hydrogen-bond acceptors (Lipinski definition) is 0. The minimum absolute atomic E-state index is 0.0971. The Hall–Kier alpha value is -1.56. The van der Waals surface area contributed by atoms with Crippen molar-refractivity contribution >= 4 is 0 Å². The molecule has 0 aliphatic carbocycles. The molecule has 0 fully saturated rings. The molecular formula is C31H48. The first-order valence-electron chi connectivity index (χ1n) is 12.2. The van der Waals surface area contributed by atoms with Gasteiger partial charge < -0.3 is 0 Å².